The molecule has 0 aromatic carbocycles. The van der Waals surface area contributed by atoms with Gasteiger partial charge in [-0.2, -0.15) is 13.2 Å². The Morgan fingerprint density at radius 2 is 1.89 bits per heavy atom. The largest absolute Gasteiger partial charge is 0.434 e. The summed E-state index contributed by atoms with van der Waals surface area (Å²) in [5.74, 6) is 1.66. The van der Waals surface area contributed by atoms with E-state index in [-0.39, 0.29) is 0 Å². The van der Waals surface area contributed by atoms with E-state index < -0.39 is 11.9 Å². The zero-order valence-corrected chi connectivity index (χ0v) is 10.1. The van der Waals surface area contributed by atoms with Gasteiger partial charge in [0, 0.05) is 12.4 Å². The zero-order valence-electron chi connectivity index (χ0n) is 10.1. The van der Waals surface area contributed by atoms with Crippen molar-refractivity contribution in [2.75, 3.05) is 0 Å². The fourth-order valence-corrected chi connectivity index (χ4v) is 2.61. The van der Waals surface area contributed by atoms with Gasteiger partial charge in [0.1, 0.15) is 5.65 Å². The van der Waals surface area contributed by atoms with E-state index in [2.05, 4.69) is 18.8 Å². The number of rotatable bonds is 1. The maximum absolute atomic E-state index is 12.5. The van der Waals surface area contributed by atoms with Crippen LogP contribution in [-0.4, -0.2) is 9.38 Å². The van der Waals surface area contributed by atoms with E-state index in [0.717, 1.165) is 11.8 Å². The summed E-state index contributed by atoms with van der Waals surface area (Å²) in [4.78, 5) is 3.64. The van der Waals surface area contributed by atoms with Crippen LogP contribution in [0.4, 0.5) is 13.2 Å². The fraction of sp³-hybridized carbons (Fsp3) is 0.462. The summed E-state index contributed by atoms with van der Waals surface area (Å²) in [6.07, 6.45) is -1.70. The second-order valence-electron chi connectivity index (χ2n) is 5.09. The second kappa shape index (κ2) is 3.49. The molecule has 1 saturated carbocycles. The van der Waals surface area contributed by atoms with E-state index in [1.54, 1.807) is 12.3 Å². The molecule has 1 fully saturated rings. The molecule has 2 atom stereocenters. The molecule has 0 amide bonds. The Hall–Kier alpha value is -1.52. The van der Waals surface area contributed by atoms with Gasteiger partial charge in [0.15, 0.2) is 5.69 Å². The topological polar surface area (TPSA) is 17.3 Å². The maximum atomic E-state index is 12.5. The highest BCUT2D eigenvalue weighted by molar-refractivity contribution is 5.46. The quantitative estimate of drug-likeness (QED) is 0.758. The van der Waals surface area contributed by atoms with Gasteiger partial charge in [-0.05, 0) is 35.4 Å². The lowest BCUT2D eigenvalue weighted by Gasteiger charge is -1.99. The van der Waals surface area contributed by atoms with Crippen LogP contribution in [0.1, 0.15) is 31.0 Å². The second-order valence-corrected chi connectivity index (χ2v) is 5.09. The SMILES string of the molecule is CC1C(C)C1c1ccn2cc(C(F)(F)F)nc2c1. The highest BCUT2D eigenvalue weighted by Crippen LogP contribution is 2.53. The van der Waals surface area contributed by atoms with E-state index in [1.165, 1.54) is 4.40 Å². The number of hydrogen-bond acceptors (Lipinski definition) is 1. The first-order valence-corrected chi connectivity index (χ1v) is 5.94. The normalized spacial score (nSPS) is 27.7. The molecule has 2 heterocycles. The van der Waals surface area contributed by atoms with Crippen molar-refractivity contribution in [2.24, 2.45) is 11.8 Å². The lowest BCUT2D eigenvalue weighted by Crippen LogP contribution is -2.04. The van der Waals surface area contributed by atoms with E-state index in [4.69, 9.17) is 0 Å². The molecular weight excluding hydrogens is 241 g/mol. The molecule has 1 aliphatic rings. The molecule has 2 aromatic rings. The first kappa shape index (κ1) is 11.6. The van der Waals surface area contributed by atoms with Gasteiger partial charge >= 0.3 is 6.18 Å². The number of imidazole rings is 1. The van der Waals surface area contributed by atoms with Gasteiger partial charge in [-0.15, -0.1) is 0 Å². The van der Waals surface area contributed by atoms with E-state index >= 15 is 0 Å². The minimum atomic E-state index is -4.38. The summed E-state index contributed by atoms with van der Waals surface area (Å²) in [6.45, 7) is 4.32. The number of pyridine rings is 1. The van der Waals surface area contributed by atoms with Crippen LogP contribution in [0.5, 0.6) is 0 Å². The number of nitrogens with zero attached hydrogens (tertiary/aromatic N) is 2. The Kier molecular flexibility index (Phi) is 2.24. The summed E-state index contributed by atoms with van der Waals surface area (Å²) in [7, 11) is 0. The Morgan fingerprint density at radius 3 is 2.44 bits per heavy atom. The number of fused-ring (bicyclic) bond motifs is 1. The predicted molar refractivity (Wildman–Crippen MR) is 61.3 cm³/mol. The van der Waals surface area contributed by atoms with Crippen LogP contribution >= 0.6 is 0 Å². The molecule has 2 unspecified atom stereocenters. The highest BCUT2D eigenvalue weighted by atomic mass is 19.4. The molecule has 0 radical (unpaired) electrons. The van der Waals surface area contributed by atoms with Crippen LogP contribution in [0.2, 0.25) is 0 Å². The highest BCUT2D eigenvalue weighted by Gasteiger charge is 2.43. The van der Waals surface area contributed by atoms with Crippen molar-refractivity contribution in [3.63, 3.8) is 0 Å². The van der Waals surface area contributed by atoms with Crippen molar-refractivity contribution in [3.8, 4) is 0 Å². The van der Waals surface area contributed by atoms with Gasteiger partial charge < -0.3 is 4.40 Å². The minimum Gasteiger partial charge on any atom is -0.306 e. The molecule has 2 aromatic heterocycles. The molecule has 0 aliphatic heterocycles. The van der Waals surface area contributed by atoms with Gasteiger partial charge in [-0.25, -0.2) is 4.98 Å². The van der Waals surface area contributed by atoms with Crippen molar-refractivity contribution < 1.29 is 13.2 Å². The van der Waals surface area contributed by atoms with Crippen LogP contribution in [0, 0.1) is 11.8 Å². The number of alkyl halides is 3. The van der Waals surface area contributed by atoms with E-state index in [0.29, 0.717) is 23.4 Å². The summed E-state index contributed by atoms with van der Waals surface area (Å²) in [6, 6.07) is 3.65. The third-order valence-corrected chi connectivity index (χ3v) is 3.98. The predicted octanol–water partition coefficient (Wildman–Crippen LogP) is 3.72. The van der Waals surface area contributed by atoms with Crippen LogP contribution in [-0.2, 0) is 6.18 Å². The van der Waals surface area contributed by atoms with Crippen LogP contribution in [0.15, 0.2) is 24.5 Å². The average Bonchev–Trinajstić information content (AvgIpc) is 2.75. The molecule has 3 rings (SSSR count). The van der Waals surface area contributed by atoms with Gasteiger partial charge in [-0.1, -0.05) is 13.8 Å². The molecule has 0 N–H and O–H groups in total. The first-order valence-electron chi connectivity index (χ1n) is 5.94. The summed E-state index contributed by atoms with van der Waals surface area (Å²) in [5.41, 5.74) is 0.615. The molecule has 0 spiro atoms. The fourth-order valence-electron chi connectivity index (χ4n) is 2.61. The molecule has 2 nitrogen and oxygen atoms in total. The van der Waals surface area contributed by atoms with Gasteiger partial charge in [0.05, 0.1) is 0 Å². The number of halogens is 3. The molecule has 18 heavy (non-hydrogen) atoms. The van der Waals surface area contributed by atoms with Crippen molar-refractivity contribution >= 4 is 5.65 Å². The molecule has 96 valence electrons. The summed E-state index contributed by atoms with van der Waals surface area (Å²) < 4.78 is 39.1. The summed E-state index contributed by atoms with van der Waals surface area (Å²) in [5, 5.41) is 0. The zero-order chi connectivity index (χ0) is 13.1. The van der Waals surface area contributed by atoms with Crippen LogP contribution in [0.25, 0.3) is 5.65 Å². The van der Waals surface area contributed by atoms with Crippen molar-refractivity contribution in [1.82, 2.24) is 9.38 Å². The average molecular weight is 254 g/mol. The van der Waals surface area contributed by atoms with Gasteiger partial charge in [0.25, 0.3) is 0 Å². The molecular formula is C13H13F3N2. The monoisotopic (exact) mass is 254 g/mol. The Balaban J connectivity index is 2.03. The molecule has 5 heteroatoms. The maximum Gasteiger partial charge on any atom is 0.434 e. The minimum absolute atomic E-state index is 0.367. The first-order chi connectivity index (χ1) is 8.38. The Morgan fingerprint density at radius 1 is 1.22 bits per heavy atom. The van der Waals surface area contributed by atoms with Crippen molar-refractivity contribution in [3.05, 3.63) is 35.8 Å². The van der Waals surface area contributed by atoms with E-state index in [1.807, 2.05) is 6.07 Å². The lowest BCUT2D eigenvalue weighted by molar-refractivity contribution is -0.140. The smallest absolute Gasteiger partial charge is 0.306 e. The third kappa shape index (κ3) is 1.69. The number of aromatic nitrogens is 2. The number of hydrogen-bond donors (Lipinski definition) is 0. The van der Waals surface area contributed by atoms with E-state index in [9.17, 15) is 13.2 Å². The van der Waals surface area contributed by atoms with Crippen LogP contribution < -0.4 is 0 Å². The summed E-state index contributed by atoms with van der Waals surface area (Å²) >= 11 is 0. The Bertz CT molecular complexity index is 592. The molecule has 0 saturated heterocycles. The third-order valence-electron chi connectivity index (χ3n) is 3.98. The molecule has 1 aliphatic carbocycles. The Labute approximate surface area is 102 Å². The van der Waals surface area contributed by atoms with Crippen molar-refractivity contribution in [1.29, 1.82) is 0 Å². The molecule has 0 bridgehead atoms. The standard InChI is InChI=1S/C13H13F3N2/c1-7-8(2)12(7)9-3-4-18-6-10(13(14,15)16)17-11(18)5-9/h3-8,12H,1-2H3. The van der Waals surface area contributed by atoms with Crippen molar-refractivity contribution in [2.45, 2.75) is 25.9 Å². The van der Waals surface area contributed by atoms with Crippen LogP contribution in [0.3, 0.4) is 0 Å². The lowest BCUT2D eigenvalue weighted by atomic mass is 10.1. The van der Waals surface area contributed by atoms with Gasteiger partial charge in [-0.3, -0.25) is 0 Å². The van der Waals surface area contributed by atoms with Gasteiger partial charge in [0.2, 0.25) is 0 Å².